The number of benzene rings is 2. The highest BCUT2D eigenvalue weighted by Gasteiger charge is 2.08. The minimum atomic E-state index is 0.860. The Kier molecular flexibility index (Phi) is 3.51. The van der Waals surface area contributed by atoms with E-state index in [0.717, 1.165) is 40.3 Å². The molecule has 4 heteroatoms. The van der Waals surface area contributed by atoms with Crippen molar-refractivity contribution < 1.29 is 0 Å². The van der Waals surface area contributed by atoms with Crippen molar-refractivity contribution in [1.29, 1.82) is 0 Å². The van der Waals surface area contributed by atoms with Crippen LogP contribution in [0.2, 0.25) is 0 Å². The second kappa shape index (κ2) is 5.45. The molecule has 0 spiro atoms. The Balaban J connectivity index is 1.83. The first kappa shape index (κ1) is 12.2. The monoisotopic (exact) mass is 315 g/mol. The van der Waals surface area contributed by atoms with E-state index in [0.29, 0.717) is 0 Å². The van der Waals surface area contributed by atoms with Gasteiger partial charge in [0, 0.05) is 28.0 Å². The molecular weight excluding hydrogens is 302 g/mol. The predicted octanol–water partition coefficient (Wildman–Crippen LogP) is 3.54. The number of nitrogens with one attached hydrogen (secondary N) is 2. The second-order valence-electron chi connectivity index (χ2n) is 4.37. The molecule has 96 valence electrons. The van der Waals surface area contributed by atoms with Crippen molar-refractivity contribution in [2.45, 2.75) is 0 Å². The van der Waals surface area contributed by atoms with Crippen LogP contribution in [0.3, 0.4) is 0 Å². The quantitative estimate of drug-likeness (QED) is 0.909. The highest BCUT2D eigenvalue weighted by atomic mass is 79.9. The molecule has 2 aromatic carbocycles. The van der Waals surface area contributed by atoms with Gasteiger partial charge in [-0.25, -0.2) is 0 Å². The maximum Gasteiger partial charge on any atom is 0.128 e. The number of halogens is 1. The lowest BCUT2D eigenvalue weighted by atomic mass is 10.1. The molecule has 1 aliphatic heterocycles. The van der Waals surface area contributed by atoms with Gasteiger partial charge in [-0.2, -0.15) is 0 Å². The Labute approximate surface area is 120 Å². The zero-order valence-corrected chi connectivity index (χ0v) is 11.9. The number of amidine groups is 1. The first-order chi connectivity index (χ1) is 9.31. The molecule has 0 saturated carbocycles. The van der Waals surface area contributed by atoms with Gasteiger partial charge in [0.1, 0.15) is 5.84 Å². The van der Waals surface area contributed by atoms with Crippen LogP contribution in [0.4, 0.5) is 11.4 Å². The first-order valence-electron chi connectivity index (χ1n) is 6.23. The van der Waals surface area contributed by atoms with Gasteiger partial charge in [0.15, 0.2) is 0 Å². The Bertz CT molecular complexity index is 622. The number of aliphatic imine (C=N–C) groups is 1. The fourth-order valence-electron chi connectivity index (χ4n) is 2.07. The lowest BCUT2D eigenvalue weighted by Crippen LogP contribution is -2.19. The van der Waals surface area contributed by atoms with Crippen LogP contribution >= 0.6 is 15.9 Å². The first-order valence-corrected chi connectivity index (χ1v) is 7.02. The number of hydrogen-bond acceptors (Lipinski definition) is 3. The van der Waals surface area contributed by atoms with Crippen LogP contribution in [0.5, 0.6) is 0 Å². The van der Waals surface area contributed by atoms with Crippen LogP contribution in [0.25, 0.3) is 0 Å². The summed E-state index contributed by atoms with van der Waals surface area (Å²) in [6.07, 6.45) is 0. The average molecular weight is 316 g/mol. The number of nitrogens with zero attached hydrogens (tertiary/aromatic N) is 1. The van der Waals surface area contributed by atoms with Crippen molar-refractivity contribution in [2.75, 3.05) is 18.4 Å². The van der Waals surface area contributed by atoms with E-state index in [9.17, 15) is 0 Å². The van der Waals surface area contributed by atoms with E-state index in [-0.39, 0.29) is 0 Å². The molecule has 0 bridgehead atoms. The predicted molar refractivity (Wildman–Crippen MR) is 83.3 cm³/mol. The zero-order chi connectivity index (χ0) is 13.1. The molecule has 3 rings (SSSR count). The second-order valence-corrected chi connectivity index (χ2v) is 5.29. The normalized spacial score (nSPS) is 13.8. The summed E-state index contributed by atoms with van der Waals surface area (Å²) in [5.41, 5.74) is 3.25. The van der Waals surface area contributed by atoms with Crippen molar-refractivity contribution in [2.24, 2.45) is 4.99 Å². The molecule has 2 aromatic rings. The Morgan fingerprint density at radius 2 is 1.84 bits per heavy atom. The van der Waals surface area contributed by atoms with Crippen molar-refractivity contribution in [3.63, 3.8) is 0 Å². The van der Waals surface area contributed by atoms with Crippen LogP contribution in [-0.4, -0.2) is 18.9 Å². The molecule has 3 nitrogen and oxygen atoms in total. The summed E-state index contributed by atoms with van der Waals surface area (Å²) in [4.78, 5) is 4.44. The third-order valence-electron chi connectivity index (χ3n) is 2.92. The van der Waals surface area contributed by atoms with E-state index < -0.39 is 0 Å². The summed E-state index contributed by atoms with van der Waals surface area (Å²) in [5, 5.41) is 6.68. The molecule has 1 aliphatic rings. The van der Waals surface area contributed by atoms with E-state index in [1.165, 1.54) is 0 Å². The molecule has 0 atom stereocenters. The molecule has 0 aliphatic carbocycles. The van der Waals surface area contributed by atoms with E-state index in [1.807, 2.05) is 24.3 Å². The standard InChI is InChI=1S/C15H14BrN3/c16-12-4-2-6-14(10-12)19-13-5-1-3-11(9-13)15-17-7-8-18-15/h1-6,9-10,19H,7-8H2,(H,17,18). The van der Waals surface area contributed by atoms with Crippen LogP contribution in [0.1, 0.15) is 5.56 Å². The summed E-state index contributed by atoms with van der Waals surface area (Å²) < 4.78 is 1.07. The van der Waals surface area contributed by atoms with Crippen LogP contribution in [0.15, 0.2) is 58.0 Å². The van der Waals surface area contributed by atoms with Gasteiger partial charge < -0.3 is 10.6 Å². The van der Waals surface area contributed by atoms with Crippen LogP contribution in [-0.2, 0) is 0 Å². The smallest absolute Gasteiger partial charge is 0.128 e. The Hall–Kier alpha value is -1.81. The molecule has 0 amide bonds. The fourth-order valence-corrected chi connectivity index (χ4v) is 2.47. The molecule has 0 unspecified atom stereocenters. The maximum absolute atomic E-state index is 4.44. The zero-order valence-electron chi connectivity index (χ0n) is 10.4. The fraction of sp³-hybridized carbons (Fsp3) is 0.133. The lowest BCUT2D eigenvalue weighted by Gasteiger charge is -2.09. The van der Waals surface area contributed by atoms with E-state index in [1.54, 1.807) is 0 Å². The minimum absolute atomic E-state index is 0.860. The van der Waals surface area contributed by atoms with E-state index >= 15 is 0 Å². The summed E-state index contributed by atoms with van der Waals surface area (Å²) in [6.45, 7) is 1.79. The van der Waals surface area contributed by atoms with Gasteiger partial charge in [-0.1, -0.05) is 34.1 Å². The number of anilines is 2. The SMILES string of the molecule is Brc1cccc(Nc2cccc(C3=NCCN3)c2)c1. The summed E-state index contributed by atoms with van der Waals surface area (Å²) in [6, 6.07) is 16.4. The van der Waals surface area contributed by atoms with Gasteiger partial charge in [-0.3, -0.25) is 4.99 Å². The molecule has 0 fully saturated rings. The summed E-state index contributed by atoms with van der Waals surface area (Å²) in [7, 11) is 0. The molecule has 0 saturated heterocycles. The van der Waals surface area contributed by atoms with E-state index in [2.05, 4.69) is 55.8 Å². The molecule has 2 N–H and O–H groups in total. The third kappa shape index (κ3) is 2.96. The average Bonchev–Trinajstić information content (AvgIpc) is 2.93. The molecular formula is C15H14BrN3. The molecule has 0 aromatic heterocycles. The van der Waals surface area contributed by atoms with Crippen molar-refractivity contribution in [1.82, 2.24) is 5.32 Å². The Morgan fingerprint density at radius 3 is 2.58 bits per heavy atom. The minimum Gasteiger partial charge on any atom is -0.368 e. The van der Waals surface area contributed by atoms with Gasteiger partial charge in [-0.15, -0.1) is 0 Å². The molecule has 1 heterocycles. The topological polar surface area (TPSA) is 36.4 Å². The molecule has 0 radical (unpaired) electrons. The van der Waals surface area contributed by atoms with Crippen LogP contribution in [0, 0.1) is 0 Å². The third-order valence-corrected chi connectivity index (χ3v) is 3.42. The van der Waals surface area contributed by atoms with Gasteiger partial charge in [0.25, 0.3) is 0 Å². The highest BCUT2D eigenvalue weighted by molar-refractivity contribution is 9.10. The number of rotatable bonds is 3. The van der Waals surface area contributed by atoms with Gasteiger partial charge in [0.2, 0.25) is 0 Å². The maximum atomic E-state index is 4.44. The summed E-state index contributed by atoms with van der Waals surface area (Å²) in [5.74, 6) is 0.984. The lowest BCUT2D eigenvalue weighted by molar-refractivity contribution is 0.960. The van der Waals surface area contributed by atoms with Crippen LogP contribution < -0.4 is 10.6 Å². The van der Waals surface area contributed by atoms with Gasteiger partial charge >= 0.3 is 0 Å². The molecule has 19 heavy (non-hydrogen) atoms. The van der Waals surface area contributed by atoms with E-state index in [4.69, 9.17) is 0 Å². The van der Waals surface area contributed by atoms with Crippen molar-refractivity contribution in [3.8, 4) is 0 Å². The summed E-state index contributed by atoms with van der Waals surface area (Å²) >= 11 is 3.47. The Morgan fingerprint density at radius 1 is 1.05 bits per heavy atom. The van der Waals surface area contributed by atoms with Gasteiger partial charge in [0.05, 0.1) is 6.54 Å². The van der Waals surface area contributed by atoms with Gasteiger partial charge in [-0.05, 0) is 30.3 Å². The number of hydrogen-bond donors (Lipinski definition) is 2. The highest BCUT2D eigenvalue weighted by Crippen LogP contribution is 2.21. The van der Waals surface area contributed by atoms with Crippen molar-refractivity contribution >= 4 is 33.1 Å². The van der Waals surface area contributed by atoms with Crippen molar-refractivity contribution in [3.05, 3.63) is 58.6 Å². The largest absolute Gasteiger partial charge is 0.368 e.